The Hall–Kier alpha value is -1.38. The van der Waals surface area contributed by atoms with E-state index in [1.165, 1.54) is 24.0 Å². The van der Waals surface area contributed by atoms with Crippen LogP contribution in [0.1, 0.15) is 50.2 Å². The van der Waals surface area contributed by atoms with Gasteiger partial charge in [-0.1, -0.05) is 26.3 Å². The summed E-state index contributed by atoms with van der Waals surface area (Å²) in [6, 6.07) is 5.39. The first-order valence-electron chi connectivity index (χ1n) is 6.42. The third kappa shape index (κ3) is 2.33. The molecule has 0 amide bonds. The van der Waals surface area contributed by atoms with Crippen LogP contribution in [0, 0.1) is 16.0 Å². The number of hydrogen-bond acceptors (Lipinski definition) is 2. The summed E-state index contributed by atoms with van der Waals surface area (Å²) >= 11 is 0. The predicted molar refractivity (Wildman–Crippen MR) is 68.2 cm³/mol. The van der Waals surface area contributed by atoms with Crippen LogP contribution in [0.3, 0.4) is 0 Å². The molecule has 1 aromatic carbocycles. The summed E-state index contributed by atoms with van der Waals surface area (Å²) in [5, 5.41) is 10.8. The summed E-state index contributed by atoms with van der Waals surface area (Å²) in [5.74, 6) is 1.28. The Kier molecular flexibility index (Phi) is 3.46. The van der Waals surface area contributed by atoms with Crippen molar-refractivity contribution >= 4 is 5.69 Å². The Bertz CT molecular complexity index is 428. The van der Waals surface area contributed by atoms with E-state index < -0.39 is 0 Å². The lowest BCUT2D eigenvalue weighted by Gasteiger charge is -2.30. The fraction of sp³-hybridized carbons (Fsp3) is 0.571. The van der Waals surface area contributed by atoms with Gasteiger partial charge in [-0.2, -0.15) is 0 Å². The van der Waals surface area contributed by atoms with Crippen molar-refractivity contribution in [3.05, 3.63) is 39.4 Å². The van der Waals surface area contributed by atoms with Crippen molar-refractivity contribution in [2.24, 2.45) is 5.92 Å². The number of hydrogen-bond donors (Lipinski definition) is 0. The molecule has 0 bridgehead atoms. The van der Waals surface area contributed by atoms with Gasteiger partial charge in [0.2, 0.25) is 0 Å². The molecule has 0 fully saturated rings. The molecular formula is C14H19NO2. The van der Waals surface area contributed by atoms with Gasteiger partial charge in [0.25, 0.3) is 5.69 Å². The Morgan fingerprint density at radius 1 is 1.35 bits per heavy atom. The Labute approximate surface area is 102 Å². The maximum atomic E-state index is 10.8. The molecule has 0 spiro atoms. The van der Waals surface area contributed by atoms with E-state index in [2.05, 4.69) is 13.8 Å². The molecule has 1 aliphatic rings. The van der Waals surface area contributed by atoms with E-state index in [-0.39, 0.29) is 10.6 Å². The van der Waals surface area contributed by atoms with E-state index in [4.69, 9.17) is 0 Å². The number of benzene rings is 1. The van der Waals surface area contributed by atoms with Gasteiger partial charge in [-0.05, 0) is 42.2 Å². The second-order valence-electron chi connectivity index (χ2n) is 4.96. The number of nitro benzene ring substituents is 1. The van der Waals surface area contributed by atoms with E-state index >= 15 is 0 Å². The zero-order chi connectivity index (χ0) is 12.4. The summed E-state index contributed by atoms with van der Waals surface area (Å²) in [4.78, 5) is 10.5. The molecule has 2 unspecified atom stereocenters. The predicted octanol–water partition coefficient (Wildman–Crippen LogP) is 4.06. The summed E-state index contributed by atoms with van der Waals surface area (Å²) in [6.45, 7) is 4.41. The Morgan fingerprint density at radius 2 is 2.12 bits per heavy atom. The third-order valence-electron chi connectivity index (χ3n) is 3.97. The van der Waals surface area contributed by atoms with Crippen LogP contribution < -0.4 is 0 Å². The molecule has 3 heteroatoms. The van der Waals surface area contributed by atoms with Crippen molar-refractivity contribution in [2.75, 3.05) is 0 Å². The molecule has 3 nitrogen and oxygen atoms in total. The lowest BCUT2D eigenvalue weighted by atomic mass is 9.75. The number of non-ortho nitro benzene ring substituents is 1. The highest BCUT2D eigenvalue weighted by Crippen LogP contribution is 2.39. The molecule has 0 N–H and O–H groups in total. The molecule has 2 rings (SSSR count). The molecular weight excluding hydrogens is 214 g/mol. The third-order valence-corrected chi connectivity index (χ3v) is 3.97. The van der Waals surface area contributed by atoms with Crippen molar-refractivity contribution in [1.82, 2.24) is 0 Å². The minimum Gasteiger partial charge on any atom is -0.258 e. The van der Waals surface area contributed by atoms with E-state index in [0.717, 1.165) is 12.8 Å². The van der Waals surface area contributed by atoms with Crippen LogP contribution in [0.2, 0.25) is 0 Å². The minimum absolute atomic E-state index is 0.232. The molecule has 2 atom stereocenters. The number of nitro groups is 1. The molecule has 0 aliphatic heterocycles. The number of rotatable bonds is 3. The zero-order valence-electron chi connectivity index (χ0n) is 10.5. The van der Waals surface area contributed by atoms with Crippen LogP contribution >= 0.6 is 0 Å². The molecule has 0 heterocycles. The van der Waals surface area contributed by atoms with Gasteiger partial charge in [-0.25, -0.2) is 0 Å². The van der Waals surface area contributed by atoms with Crippen LogP contribution in [-0.4, -0.2) is 4.92 Å². The van der Waals surface area contributed by atoms with Crippen molar-refractivity contribution < 1.29 is 4.92 Å². The largest absolute Gasteiger partial charge is 0.269 e. The van der Waals surface area contributed by atoms with Crippen molar-refractivity contribution in [1.29, 1.82) is 0 Å². The minimum atomic E-state index is -0.295. The SMILES string of the molecule is CCC1Cc2cc([N+](=O)[O-])ccc2C(CC)C1. The first-order valence-corrected chi connectivity index (χ1v) is 6.42. The Morgan fingerprint density at radius 3 is 2.71 bits per heavy atom. The van der Waals surface area contributed by atoms with E-state index in [0.29, 0.717) is 11.8 Å². The smallest absolute Gasteiger partial charge is 0.258 e. The lowest BCUT2D eigenvalue weighted by molar-refractivity contribution is -0.384. The van der Waals surface area contributed by atoms with Crippen molar-refractivity contribution in [3.63, 3.8) is 0 Å². The second kappa shape index (κ2) is 4.86. The van der Waals surface area contributed by atoms with E-state index in [1.54, 1.807) is 12.1 Å². The van der Waals surface area contributed by atoms with Gasteiger partial charge in [0.1, 0.15) is 0 Å². The summed E-state index contributed by atoms with van der Waals surface area (Å²) in [5.41, 5.74) is 2.77. The topological polar surface area (TPSA) is 43.1 Å². The van der Waals surface area contributed by atoms with Crippen LogP contribution in [0.5, 0.6) is 0 Å². The molecule has 0 radical (unpaired) electrons. The highest BCUT2D eigenvalue weighted by atomic mass is 16.6. The van der Waals surface area contributed by atoms with Crippen molar-refractivity contribution in [2.45, 2.75) is 45.4 Å². The first-order chi connectivity index (χ1) is 8.15. The normalized spacial score (nSPS) is 23.2. The average molecular weight is 233 g/mol. The summed E-state index contributed by atoms with van der Waals surface area (Å²) in [6.07, 6.45) is 4.53. The summed E-state index contributed by atoms with van der Waals surface area (Å²) in [7, 11) is 0. The van der Waals surface area contributed by atoms with Gasteiger partial charge in [-0.3, -0.25) is 10.1 Å². The van der Waals surface area contributed by atoms with Gasteiger partial charge in [0, 0.05) is 12.1 Å². The van der Waals surface area contributed by atoms with Gasteiger partial charge in [-0.15, -0.1) is 0 Å². The average Bonchev–Trinajstić information content (AvgIpc) is 2.36. The Balaban J connectivity index is 2.38. The van der Waals surface area contributed by atoms with Gasteiger partial charge in [0.15, 0.2) is 0 Å². The highest BCUT2D eigenvalue weighted by Gasteiger charge is 2.26. The number of nitrogens with zero attached hydrogens (tertiary/aromatic N) is 1. The molecule has 1 aromatic rings. The van der Waals surface area contributed by atoms with Gasteiger partial charge in [0.05, 0.1) is 4.92 Å². The van der Waals surface area contributed by atoms with E-state index in [1.807, 2.05) is 6.07 Å². The van der Waals surface area contributed by atoms with Crippen molar-refractivity contribution in [3.8, 4) is 0 Å². The maximum absolute atomic E-state index is 10.8. The second-order valence-corrected chi connectivity index (χ2v) is 4.96. The monoisotopic (exact) mass is 233 g/mol. The molecule has 1 aliphatic carbocycles. The first kappa shape index (κ1) is 12.1. The maximum Gasteiger partial charge on any atom is 0.269 e. The fourth-order valence-corrected chi connectivity index (χ4v) is 2.90. The summed E-state index contributed by atoms with van der Waals surface area (Å²) < 4.78 is 0. The highest BCUT2D eigenvalue weighted by molar-refractivity contribution is 5.43. The van der Waals surface area contributed by atoms with Crippen LogP contribution in [0.25, 0.3) is 0 Å². The molecule has 0 saturated heterocycles. The number of fused-ring (bicyclic) bond motifs is 1. The van der Waals surface area contributed by atoms with Crippen LogP contribution in [0.15, 0.2) is 18.2 Å². The molecule has 92 valence electrons. The fourth-order valence-electron chi connectivity index (χ4n) is 2.90. The standard InChI is InChI=1S/C14H19NO2/c1-3-10-7-11(4-2)14-6-5-13(15(16)17)9-12(14)8-10/h5-6,9-11H,3-4,7-8H2,1-2H3. The quantitative estimate of drug-likeness (QED) is 0.583. The zero-order valence-corrected chi connectivity index (χ0v) is 10.5. The van der Waals surface area contributed by atoms with Gasteiger partial charge >= 0.3 is 0 Å². The van der Waals surface area contributed by atoms with Gasteiger partial charge < -0.3 is 0 Å². The molecule has 0 aromatic heterocycles. The lowest BCUT2D eigenvalue weighted by Crippen LogP contribution is -2.18. The van der Waals surface area contributed by atoms with Crippen LogP contribution in [-0.2, 0) is 6.42 Å². The molecule has 17 heavy (non-hydrogen) atoms. The van der Waals surface area contributed by atoms with E-state index in [9.17, 15) is 10.1 Å². The van der Waals surface area contributed by atoms with Crippen LogP contribution in [0.4, 0.5) is 5.69 Å². The molecule has 0 saturated carbocycles.